The summed E-state index contributed by atoms with van der Waals surface area (Å²) in [7, 11) is 0. The second-order valence-electron chi connectivity index (χ2n) is 9.06. The maximum absolute atomic E-state index is 12.8. The molecule has 208 valence electrons. The summed E-state index contributed by atoms with van der Waals surface area (Å²) in [6.07, 6.45) is 2.88. The first kappa shape index (κ1) is 28.1. The molecule has 1 atom stereocenters. The number of pyridine rings is 1. The van der Waals surface area contributed by atoms with Crippen LogP contribution in [0.2, 0.25) is 0 Å². The summed E-state index contributed by atoms with van der Waals surface area (Å²) in [6, 6.07) is 20.4. The Morgan fingerprint density at radius 3 is 2.68 bits per heavy atom. The number of ether oxygens (including phenoxy) is 2. The fourth-order valence-corrected chi connectivity index (χ4v) is 5.38. The topological polar surface area (TPSA) is 115 Å². The first-order valence-electron chi connectivity index (χ1n) is 12.6. The van der Waals surface area contributed by atoms with E-state index in [9.17, 15) is 9.59 Å². The van der Waals surface area contributed by atoms with Gasteiger partial charge in [0.15, 0.2) is 0 Å². The van der Waals surface area contributed by atoms with Crippen molar-refractivity contribution in [3.8, 4) is 23.0 Å². The largest absolute Gasteiger partial charge is 0.487 e. The predicted molar refractivity (Wildman–Crippen MR) is 158 cm³/mol. The highest BCUT2D eigenvalue weighted by Gasteiger charge is 2.33. The van der Waals surface area contributed by atoms with Gasteiger partial charge in [-0.25, -0.2) is 4.98 Å². The first-order valence-corrected chi connectivity index (χ1v) is 13.8. The summed E-state index contributed by atoms with van der Waals surface area (Å²) in [5.74, 6) is 0.531. The minimum absolute atomic E-state index is 0.184. The van der Waals surface area contributed by atoms with Gasteiger partial charge in [0, 0.05) is 23.4 Å². The van der Waals surface area contributed by atoms with E-state index >= 15 is 0 Å². The monoisotopic (exact) mass is 587 g/mol. The van der Waals surface area contributed by atoms with Crippen molar-refractivity contribution >= 4 is 46.3 Å². The second kappa shape index (κ2) is 12.4. The highest BCUT2D eigenvalue weighted by molar-refractivity contribution is 8.26. The molecule has 1 saturated heterocycles. The Bertz CT molecular complexity index is 1620. The molecule has 1 amide bonds. The Labute approximate surface area is 245 Å². The summed E-state index contributed by atoms with van der Waals surface area (Å²) in [5, 5.41) is 9.14. The highest BCUT2D eigenvalue weighted by Crippen LogP contribution is 2.36. The number of thiocarbonyl (C=S) groups is 1. The van der Waals surface area contributed by atoms with Crippen LogP contribution in [0.3, 0.4) is 0 Å². The van der Waals surface area contributed by atoms with E-state index in [1.165, 1.54) is 0 Å². The molecular weight excluding hydrogens is 562 g/mol. The average Bonchev–Trinajstić information content (AvgIpc) is 3.48. The average molecular weight is 588 g/mol. The van der Waals surface area contributed by atoms with Gasteiger partial charge in [0.25, 0.3) is 5.91 Å². The molecule has 1 unspecified atom stereocenters. The lowest BCUT2D eigenvalue weighted by molar-refractivity contribution is -0.140. The Balaban J connectivity index is 1.41. The number of carbonyl (C=O) groups excluding carboxylic acids is 1. The number of carboxylic acids is 1. The molecule has 5 rings (SSSR count). The van der Waals surface area contributed by atoms with E-state index in [4.69, 9.17) is 31.2 Å². The van der Waals surface area contributed by atoms with Gasteiger partial charge in [0.2, 0.25) is 5.89 Å². The van der Waals surface area contributed by atoms with Crippen LogP contribution in [0.15, 0.2) is 82.2 Å². The molecule has 4 aromatic rings. The SMILES string of the molecule is Cc1oc(-c2ccccc2)nc1C(C)Oc1ccc(/C=C2/SC(=S)N(CC(=O)O)C2=O)c(OCc2ccccn2)c1. The molecular formula is C30H25N3O6S2. The number of aliphatic carboxylic acids is 1. The van der Waals surface area contributed by atoms with Crippen LogP contribution >= 0.6 is 24.0 Å². The molecule has 1 aliphatic rings. The number of hydrogen-bond donors (Lipinski definition) is 1. The van der Waals surface area contributed by atoms with Crippen LogP contribution in [0.5, 0.6) is 11.5 Å². The molecule has 0 aliphatic carbocycles. The molecule has 0 spiro atoms. The maximum Gasteiger partial charge on any atom is 0.323 e. The van der Waals surface area contributed by atoms with Gasteiger partial charge in [0.05, 0.1) is 10.6 Å². The van der Waals surface area contributed by atoms with Crippen molar-refractivity contribution in [3.05, 3.63) is 101 Å². The molecule has 9 nitrogen and oxygen atoms in total. The molecule has 1 N–H and O–H groups in total. The van der Waals surface area contributed by atoms with Crippen molar-refractivity contribution in [1.29, 1.82) is 0 Å². The van der Waals surface area contributed by atoms with Gasteiger partial charge in [-0.3, -0.25) is 19.5 Å². The smallest absolute Gasteiger partial charge is 0.323 e. The van der Waals surface area contributed by atoms with Crippen molar-refractivity contribution < 1.29 is 28.6 Å². The lowest BCUT2D eigenvalue weighted by atomic mass is 10.1. The molecule has 0 bridgehead atoms. The summed E-state index contributed by atoms with van der Waals surface area (Å²) in [4.78, 5) is 34.4. The maximum atomic E-state index is 12.8. The van der Waals surface area contributed by atoms with Gasteiger partial charge in [-0.15, -0.1) is 0 Å². The molecule has 1 fully saturated rings. The van der Waals surface area contributed by atoms with E-state index in [2.05, 4.69) is 9.97 Å². The fourth-order valence-electron chi connectivity index (χ4n) is 4.13. The van der Waals surface area contributed by atoms with Gasteiger partial charge >= 0.3 is 5.97 Å². The van der Waals surface area contributed by atoms with Crippen LogP contribution in [-0.2, 0) is 16.2 Å². The van der Waals surface area contributed by atoms with Crippen molar-refractivity contribution in [2.45, 2.75) is 26.6 Å². The third-order valence-corrected chi connectivity index (χ3v) is 7.47. The summed E-state index contributed by atoms with van der Waals surface area (Å²) < 4.78 is 18.4. The lowest BCUT2D eigenvalue weighted by Gasteiger charge is -2.16. The number of carboxylic acid groups (broad SMARTS) is 1. The zero-order chi connectivity index (χ0) is 28.9. The number of oxazole rings is 1. The molecule has 0 saturated carbocycles. The minimum atomic E-state index is -1.14. The normalized spacial score (nSPS) is 14.9. The van der Waals surface area contributed by atoms with Gasteiger partial charge in [0.1, 0.15) is 46.5 Å². The van der Waals surface area contributed by atoms with Gasteiger partial charge < -0.3 is 19.0 Å². The lowest BCUT2D eigenvalue weighted by Crippen LogP contribution is -2.33. The molecule has 11 heteroatoms. The highest BCUT2D eigenvalue weighted by atomic mass is 32.2. The quantitative estimate of drug-likeness (QED) is 0.174. The predicted octanol–water partition coefficient (Wildman–Crippen LogP) is 6.05. The third-order valence-electron chi connectivity index (χ3n) is 6.09. The second-order valence-corrected chi connectivity index (χ2v) is 10.7. The summed E-state index contributed by atoms with van der Waals surface area (Å²) in [6.45, 7) is 3.42. The van der Waals surface area contributed by atoms with Crippen molar-refractivity contribution in [3.63, 3.8) is 0 Å². The van der Waals surface area contributed by atoms with Crippen LogP contribution in [-0.4, -0.2) is 42.7 Å². The summed E-state index contributed by atoms with van der Waals surface area (Å²) in [5.41, 5.74) is 2.86. The number of benzene rings is 2. The zero-order valence-electron chi connectivity index (χ0n) is 22.1. The van der Waals surface area contributed by atoms with E-state index in [-0.39, 0.29) is 10.9 Å². The Morgan fingerprint density at radius 2 is 1.95 bits per heavy atom. The number of rotatable bonds is 10. The van der Waals surface area contributed by atoms with Crippen LogP contribution in [0.25, 0.3) is 17.5 Å². The van der Waals surface area contributed by atoms with Crippen molar-refractivity contribution in [2.24, 2.45) is 0 Å². The van der Waals surface area contributed by atoms with Crippen molar-refractivity contribution in [2.75, 3.05) is 6.54 Å². The summed E-state index contributed by atoms with van der Waals surface area (Å²) >= 11 is 6.27. The molecule has 1 aliphatic heterocycles. The van der Waals surface area contributed by atoms with Crippen LogP contribution in [0.4, 0.5) is 0 Å². The van der Waals surface area contributed by atoms with Gasteiger partial charge in [-0.05, 0) is 56.3 Å². The molecule has 2 aromatic carbocycles. The standard InChI is InChI=1S/C30H25N3O6S2/c1-18(27-19(2)39-28(32-27)20-8-4-3-5-9-20)38-23-12-11-21(24(15-23)37-17-22-10-6-7-13-31-22)14-25-29(36)33(16-26(34)35)30(40)41-25/h3-15,18H,16-17H2,1-2H3,(H,34,35)/b25-14+. The number of carbonyl (C=O) groups is 2. The van der Waals surface area contributed by atoms with Crippen molar-refractivity contribution in [1.82, 2.24) is 14.9 Å². The number of aromatic nitrogens is 2. The fraction of sp³-hybridized carbons (Fsp3) is 0.167. The van der Waals surface area contributed by atoms with Crippen LogP contribution in [0, 0.1) is 6.92 Å². The Kier molecular flexibility index (Phi) is 8.46. The third kappa shape index (κ3) is 6.64. The van der Waals surface area contributed by atoms with E-state index in [0.29, 0.717) is 39.3 Å². The van der Waals surface area contributed by atoms with Gasteiger partial charge in [-0.1, -0.05) is 48.2 Å². The van der Waals surface area contributed by atoms with Gasteiger partial charge in [-0.2, -0.15) is 0 Å². The van der Waals surface area contributed by atoms with E-state index in [1.807, 2.05) is 62.4 Å². The van der Waals surface area contributed by atoms with E-state index in [0.717, 1.165) is 27.9 Å². The van der Waals surface area contributed by atoms with E-state index < -0.39 is 24.5 Å². The first-order chi connectivity index (χ1) is 19.8. The zero-order valence-corrected chi connectivity index (χ0v) is 23.8. The van der Waals surface area contributed by atoms with E-state index in [1.54, 1.807) is 30.5 Å². The molecule has 3 heterocycles. The number of aryl methyl sites for hydroxylation is 1. The number of thioether (sulfide) groups is 1. The number of amides is 1. The number of hydrogen-bond acceptors (Lipinski definition) is 9. The van der Waals surface area contributed by atoms with Crippen LogP contribution in [0.1, 0.15) is 35.7 Å². The molecule has 2 aromatic heterocycles. The number of nitrogens with zero attached hydrogens (tertiary/aromatic N) is 3. The van der Waals surface area contributed by atoms with Crippen LogP contribution < -0.4 is 9.47 Å². The Morgan fingerprint density at radius 1 is 1.17 bits per heavy atom. The Hall–Kier alpha value is -4.48. The minimum Gasteiger partial charge on any atom is -0.487 e. The molecule has 41 heavy (non-hydrogen) atoms. The molecule has 0 radical (unpaired) electrons.